The average Bonchev–Trinajstić information content (AvgIpc) is 2.86. The lowest BCUT2D eigenvalue weighted by molar-refractivity contribution is 0.848. The molecule has 5 nitrogen and oxygen atoms in total. The van der Waals surface area contributed by atoms with Crippen LogP contribution in [0.4, 0.5) is 5.95 Å². The Hall–Kier alpha value is -2.30. The van der Waals surface area contributed by atoms with Crippen molar-refractivity contribution < 1.29 is 0 Å². The molecule has 3 aromatic heterocycles. The fourth-order valence-electron chi connectivity index (χ4n) is 1.98. The van der Waals surface area contributed by atoms with E-state index in [9.17, 15) is 0 Å². The second-order valence-electron chi connectivity index (χ2n) is 4.51. The summed E-state index contributed by atoms with van der Waals surface area (Å²) >= 11 is 0. The third kappa shape index (κ3) is 1.73. The molecule has 0 bridgehead atoms. The summed E-state index contributed by atoms with van der Waals surface area (Å²) in [5.41, 5.74) is 7.46. The van der Waals surface area contributed by atoms with Crippen LogP contribution in [0.3, 0.4) is 0 Å². The van der Waals surface area contributed by atoms with Crippen molar-refractivity contribution in [1.82, 2.24) is 19.3 Å². The van der Waals surface area contributed by atoms with Crippen LogP contribution in [0.1, 0.15) is 17.0 Å². The number of fused-ring (bicyclic) bond motifs is 1. The number of pyridine rings is 1. The summed E-state index contributed by atoms with van der Waals surface area (Å²) in [7, 11) is 0. The normalized spacial score (nSPS) is 11.1. The highest BCUT2D eigenvalue weighted by molar-refractivity contribution is 5.44. The van der Waals surface area contributed by atoms with Gasteiger partial charge < -0.3 is 0 Å². The van der Waals surface area contributed by atoms with Gasteiger partial charge in [0, 0.05) is 17.6 Å². The zero-order valence-corrected chi connectivity index (χ0v) is 10.7. The molecule has 0 atom stereocenters. The van der Waals surface area contributed by atoms with Crippen molar-refractivity contribution in [3.8, 4) is 0 Å². The molecule has 3 aromatic rings. The summed E-state index contributed by atoms with van der Waals surface area (Å²) in [6.45, 7) is 6.12. The monoisotopic (exact) mass is 241 g/mol. The quantitative estimate of drug-likeness (QED) is 0.749. The number of rotatable bonds is 2. The zero-order chi connectivity index (χ0) is 12.7. The first kappa shape index (κ1) is 10.8. The van der Waals surface area contributed by atoms with E-state index in [4.69, 9.17) is 0 Å². The van der Waals surface area contributed by atoms with Crippen molar-refractivity contribution >= 4 is 11.6 Å². The van der Waals surface area contributed by atoms with Crippen LogP contribution >= 0.6 is 0 Å². The van der Waals surface area contributed by atoms with Gasteiger partial charge in [-0.3, -0.25) is 10.1 Å². The van der Waals surface area contributed by atoms with Crippen LogP contribution in [0.5, 0.6) is 0 Å². The lowest BCUT2D eigenvalue weighted by atomic mass is 10.3. The van der Waals surface area contributed by atoms with Gasteiger partial charge in [-0.05, 0) is 44.5 Å². The molecular weight excluding hydrogens is 226 g/mol. The third-order valence-electron chi connectivity index (χ3n) is 2.96. The van der Waals surface area contributed by atoms with Crippen molar-refractivity contribution in [2.24, 2.45) is 0 Å². The molecule has 0 unspecified atom stereocenters. The molecule has 18 heavy (non-hydrogen) atoms. The Morgan fingerprint density at radius 2 is 1.72 bits per heavy atom. The van der Waals surface area contributed by atoms with E-state index in [1.165, 1.54) is 0 Å². The minimum Gasteiger partial charge on any atom is -0.262 e. The number of hydrogen-bond donors (Lipinski definition) is 1. The van der Waals surface area contributed by atoms with Crippen LogP contribution < -0.4 is 5.43 Å². The number of nitrogens with zero attached hydrogens (tertiary/aromatic N) is 4. The van der Waals surface area contributed by atoms with Crippen LogP contribution in [0.2, 0.25) is 0 Å². The Morgan fingerprint density at radius 3 is 2.44 bits per heavy atom. The van der Waals surface area contributed by atoms with Gasteiger partial charge in [-0.25, -0.2) is 4.52 Å². The van der Waals surface area contributed by atoms with Crippen molar-refractivity contribution in [3.63, 3.8) is 0 Å². The van der Waals surface area contributed by atoms with Gasteiger partial charge in [0.1, 0.15) is 0 Å². The van der Waals surface area contributed by atoms with Crippen molar-refractivity contribution in [1.29, 1.82) is 0 Å². The van der Waals surface area contributed by atoms with Gasteiger partial charge in [-0.1, -0.05) is 6.07 Å². The van der Waals surface area contributed by atoms with Crippen LogP contribution in [-0.4, -0.2) is 19.3 Å². The first-order chi connectivity index (χ1) is 8.63. The molecule has 3 heterocycles. The van der Waals surface area contributed by atoms with Gasteiger partial charge in [-0.2, -0.15) is 4.98 Å². The molecule has 0 aliphatic heterocycles. The van der Waals surface area contributed by atoms with E-state index in [1.807, 2.05) is 43.8 Å². The Kier molecular flexibility index (Phi) is 2.33. The molecule has 1 N–H and O–H groups in total. The van der Waals surface area contributed by atoms with E-state index in [1.54, 1.807) is 4.52 Å². The molecule has 92 valence electrons. The minimum absolute atomic E-state index is 0.600. The molecule has 0 saturated carbocycles. The predicted octanol–water partition coefficient (Wildman–Crippen LogP) is 2.33. The van der Waals surface area contributed by atoms with Gasteiger partial charge in [0.05, 0.1) is 0 Å². The van der Waals surface area contributed by atoms with E-state index >= 15 is 0 Å². The van der Waals surface area contributed by atoms with Crippen LogP contribution in [0, 0.1) is 20.8 Å². The largest absolute Gasteiger partial charge is 0.262 e. The lowest BCUT2D eigenvalue weighted by Gasteiger charge is -2.08. The fraction of sp³-hybridized carbons (Fsp3) is 0.231. The first-order valence-electron chi connectivity index (χ1n) is 5.88. The lowest BCUT2D eigenvalue weighted by Crippen LogP contribution is -2.13. The number of hydrogen-bond acceptors (Lipinski definition) is 3. The molecule has 3 rings (SSSR count). The first-order valence-corrected chi connectivity index (χ1v) is 5.88. The van der Waals surface area contributed by atoms with Crippen LogP contribution in [0.25, 0.3) is 5.65 Å². The predicted molar refractivity (Wildman–Crippen MR) is 70.7 cm³/mol. The van der Waals surface area contributed by atoms with E-state index in [0.29, 0.717) is 5.95 Å². The fourth-order valence-corrected chi connectivity index (χ4v) is 1.98. The number of anilines is 1. The van der Waals surface area contributed by atoms with Crippen molar-refractivity contribution in [3.05, 3.63) is 47.4 Å². The van der Waals surface area contributed by atoms with Crippen LogP contribution in [-0.2, 0) is 0 Å². The SMILES string of the molecule is Cc1ccc2nc(Nn3c(C)ccc3C)nn2c1. The van der Waals surface area contributed by atoms with Gasteiger partial charge in [0.2, 0.25) is 0 Å². The zero-order valence-electron chi connectivity index (χ0n) is 10.7. The summed E-state index contributed by atoms with van der Waals surface area (Å²) in [6.07, 6.45) is 1.96. The van der Waals surface area contributed by atoms with Crippen molar-refractivity contribution in [2.75, 3.05) is 5.43 Å². The average molecular weight is 241 g/mol. The maximum Gasteiger partial charge on any atom is 0.262 e. The maximum absolute atomic E-state index is 4.43. The molecular formula is C13H15N5. The van der Waals surface area contributed by atoms with Crippen molar-refractivity contribution in [2.45, 2.75) is 20.8 Å². The minimum atomic E-state index is 0.600. The Balaban J connectivity index is 2.00. The molecule has 0 saturated heterocycles. The molecule has 0 amide bonds. The van der Waals surface area contributed by atoms with E-state index in [2.05, 4.69) is 27.6 Å². The van der Waals surface area contributed by atoms with Crippen LogP contribution in [0.15, 0.2) is 30.5 Å². The van der Waals surface area contributed by atoms with E-state index < -0.39 is 0 Å². The topological polar surface area (TPSA) is 47.2 Å². The highest BCUT2D eigenvalue weighted by Crippen LogP contribution is 2.10. The molecule has 5 heteroatoms. The Morgan fingerprint density at radius 1 is 1.00 bits per heavy atom. The number of aromatic nitrogens is 4. The smallest absolute Gasteiger partial charge is 0.262 e. The van der Waals surface area contributed by atoms with Gasteiger partial charge >= 0.3 is 0 Å². The molecule has 0 fully saturated rings. The van der Waals surface area contributed by atoms with Gasteiger partial charge in [0.25, 0.3) is 5.95 Å². The summed E-state index contributed by atoms with van der Waals surface area (Å²) in [5.74, 6) is 0.600. The summed E-state index contributed by atoms with van der Waals surface area (Å²) < 4.78 is 3.76. The molecule has 0 aliphatic carbocycles. The molecule has 0 spiro atoms. The number of aryl methyl sites for hydroxylation is 3. The summed E-state index contributed by atoms with van der Waals surface area (Å²) in [5, 5.41) is 4.40. The highest BCUT2D eigenvalue weighted by Gasteiger charge is 2.06. The van der Waals surface area contributed by atoms with E-state index in [-0.39, 0.29) is 0 Å². The molecule has 0 radical (unpaired) electrons. The molecule has 0 aromatic carbocycles. The summed E-state index contributed by atoms with van der Waals surface area (Å²) in [4.78, 5) is 4.43. The Bertz CT molecular complexity index is 688. The second kappa shape index (κ2) is 3.87. The summed E-state index contributed by atoms with van der Waals surface area (Å²) in [6, 6.07) is 8.10. The number of nitrogens with one attached hydrogen (secondary N) is 1. The maximum atomic E-state index is 4.43. The van der Waals surface area contributed by atoms with E-state index in [0.717, 1.165) is 22.6 Å². The Labute approximate surface area is 105 Å². The van der Waals surface area contributed by atoms with Gasteiger partial charge in [-0.15, -0.1) is 5.10 Å². The highest BCUT2D eigenvalue weighted by atomic mass is 15.5. The third-order valence-corrected chi connectivity index (χ3v) is 2.96. The van der Waals surface area contributed by atoms with Gasteiger partial charge in [0.15, 0.2) is 5.65 Å². The second-order valence-corrected chi connectivity index (χ2v) is 4.51. The molecule has 0 aliphatic rings. The standard InChI is InChI=1S/C13H15N5/c1-9-4-7-12-14-13(15-17(12)8-9)16-18-10(2)5-6-11(18)3/h4-8H,1-3H3,(H,15,16).